The largest absolute Gasteiger partial charge is 0.406 e. The summed E-state index contributed by atoms with van der Waals surface area (Å²) in [6.07, 6.45) is 3.85. The summed E-state index contributed by atoms with van der Waals surface area (Å²) < 4.78 is 11.2. The number of hydrogen-bond acceptors (Lipinski definition) is 6. The lowest BCUT2D eigenvalue weighted by atomic mass is 10.1. The summed E-state index contributed by atoms with van der Waals surface area (Å²) in [7, 11) is 0. The third-order valence-corrected chi connectivity index (χ3v) is 3.36. The van der Waals surface area contributed by atoms with E-state index >= 15 is 0 Å². The van der Waals surface area contributed by atoms with Crippen molar-refractivity contribution in [2.75, 3.05) is 11.9 Å². The number of ether oxygens (including phenoxy) is 1. The summed E-state index contributed by atoms with van der Waals surface area (Å²) in [6, 6.07) is 0.527. The molecular formula is C11H18N4O2. The molecule has 1 aliphatic carbocycles. The van der Waals surface area contributed by atoms with Crippen LogP contribution < -0.4 is 11.1 Å². The van der Waals surface area contributed by atoms with Crippen molar-refractivity contribution in [2.45, 2.75) is 44.4 Å². The summed E-state index contributed by atoms with van der Waals surface area (Å²) in [4.78, 5) is 0. The molecule has 0 radical (unpaired) electrons. The predicted molar refractivity (Wildman–Crippen MR) is 61.4 cm³/mol. The van der Waals surface area contributed by atoms with Crippen molar-refractivity contribution in [3.05, 3.63) is 5.89 Å². The van der Waals surface area contributed by atoms with Crippen LogP contribution >= 0.6 is 0 Å². The van der Waals surface area contributed by atoms with Crippen LogP contribution in [0.25, 0.3) is 0 Å². The van der Waals surface area contributed by atoms with Crippen LogP contribution in [0, 0.1) is 5.92 Å². The molecular weight excluding hydrogens is 220 g/mol. The first-order valence-corrected chi connectivity index (χ1v) is 6.21. The summed E-state index contributed by atoms with van der Waals surface area (Å²) in [5.74, 6) is 1.18. The lowest BCUT2D eigenvalue weighted by Gasteiger charge is -2.17. The van der Waals surface area contributed by atoms with Crippen molar-refractivity contribution >= 4 is 6.01 Å². The van der Waals surface area contributed by atoms with Crippen LogP contribution in [0.1, 0.15) is 38.1 Å². The molecule has 6 nitrogen and oxygen atoms in total. The van der Waals surface area contributed by atoms with Gasteiger partial charge in [-0.05, 0) is 32.1 Å². The molecule has 1 aromatic rings. The molecule has 3 rings (SSSR count). The third-order valence-electron chi connectivity index (χ3n) is 3.36. The highest BCUT2D eigenvalue weighted by atomic mass is 16.5. The van der Waals surface area contributed by atoms with Crippen molar-refractivity contribution in [1.29, 1.82) is 0 Å². The maximum atomic E-state index is 5.74. The molecule has 3 N–H and O–H groups in total. The molecule has 0 amide bonds. The fourth-order valence-corrected chi connectivity index (χ4v) is 2.29. The van der Waals surface area contributed by atoms with E-state index in [0.717, 1.165) is 13.0 Å². The van der Waals surface area contributed by atoms with E-state index in [4.69, 9.17) is 14.9 Å². The number of hydrogen-bond donors (Lipinski definition) is 2. The normalized spacial score (nSPS) is 30.5. The number of nitrogens with one attached hydrogen (secondary N) is 1. The van der Waals surface area contributed by atoms with Crippen LogP contribution in [0.2, 0.25) is 0 Å². The fourth-order valence-electron chi connectivity index (χ4n) is 2.29. The minimum atomic E-state index is -0.225. The van der Waals surface area contributed by atoms with Gasteiger partial charge in [-0.1, -0.05) is 5.10 Å². The second kappa shape index (κ2) is 4.27. The third kappa shape index (κ3) is 2.28. The smallest absolute Gasteiger partial charge is 0.315 e. The molecule has 1 aromatic heterocycles. The minimum Gasteiger partial charge on any atom is -0.406 e. The van der Waals surface area contributed by atoms with Crippen molar-refractivity contribution in [2.24, 2.45) is 11.7 Å². The molecule has 6 heteroatoms. The van der Waals surface area contributed by atoms with Crippen LogP contribution in [0.15, 0.2) is 4.42 Å². The van der Waals surface area contributed by atoms with Crippen LogP contribution in [-0.2, 0) is 4.74 Å². The quantitative estimate of drug-likeness (QED) is 0.816. The van der Waals surface area contributed by atoms with Crippen molar-refractivity contribution in [1.82, 2.24) is 10.2 Å². The van der Waals surface area contributed by atoms with Gasteiger partial charge in [-0.15, -0.1) is 5.10 Å². The van der Waals surface area contributed by atoms with Crippen LogP contribution in [-0.4, -0.2) is 29.0 Å². The fraction of sp³-hybridized carbons (Fsp3) is 0.818. The second-order valence-corrected chi connectivity index (χ2v) is 4.95. The second-order valence-electron chi connectivity index (χ2n) is 4.95. The van der Waals surface area contributed by atoms with Gasteiger partial charge < -0.3 is 20.2 Å². The maximum absolute atomic E-state index is 5.74. The first kappa shape index (κ1) is 11.0. The van der Waals surface area contributed by atoms with Gasteiger partial charge in [-0.25, -0.2) is 0 Å². The van der Waals surface area contributed by atoms with E-state index in [1.807, 2.05) is 6.92 Å². The van der Waals surface area contributed by atoms with Gasteiger partial charge >= 0.3 is 6.01 Å². The zero-order valence-electron chi connectivity index (χ0n) is 9.93. The summed E-state index contributed by atoms with van der Waals surface area (Å²) in [6.45, 7) is 2.64. The van der Waals surface area contributed by atoms with Gasteiger partial charge in [0.15, 0.2) is 0 Å². The van der Waals surface area contributed by atoms with E-state index in [0.29, 0.717) is 30.0 Å². The first-order valence-electron chi connectivity index (χ1n) is 6.21. The minimum absolute atomic E-state index is 0.225. The van der Waals surface area contributed by atoms with E-state index in [1.54, 1.807) is 0 Å². The van der Waals surface area contributed by atoms with Crippen molar-refractivity contribution in [3.63, 3.8) is 0 Å². The highest BCUT2D eigenvalue weighted by Crippen LogP contribution is 2.39. The molecule has 3 atom stereocenters. The van der Waals surface area contributed by atoms with Crippen LogP contribution in [0.5, 0.6) is 0 Å². The Kier molecular flexibility index (Phi) is 2.76. The SMILES string of the molecule is CC(N)c1nnc(NC2CCOC2C2CC2)o1. The molecule has 3 unspecified atom stereocenters. The zero-order chi connectivity index (χ0) is 11.8. The van der Waals surface area contributed by atoms with Gasteiger partial charge in [0.25, 0.3) is 0 Å². The first-order chi connectivity index (χ1) is 8.24. The standard InChI is InChI=1S/C11H18N4O2/c1-6(12)10-14-15-11(17-10)13-8-4-5-16-9(8)7-2-3-7/h6-9H,2-5,12H2,1H3,(H,13,15). The number of nitrogens with zero attached hydrogens (tertiary/aromatic N) is 2. The molecule has 1 aliphatic heterocycles. The average Bonchev–Trinajstić information content (AvgIpc) is 2.86. The van der Waals surface area contributed by atoms with Gasteiger partial charge in [0.05, 0.1) is 18.2 Å². The van der Waals surface area contributed by atoms with Crippen LogP contribution in [0.3, 0.4) is 0 Å². The van der Waals surface area contributed by atoms with Gasteiger partial charge in [0, 0.05) is 6.61 Å². The Balaban J connectivity index is 1.64. The Hall–Kier alpha value is -1.14. The molecule has 0 spiro atoms. The van der Waals surface area contributed by atoms with E-state index in [-0.39, 0.29) is 6.04 Å². The van der Waals surface area contributed by atoms with Crippen LogP contribution in [0.4, 0.5) is 6.01 Å². The molecule has 2 aliphatic rings. The Morgan fingerprint density at radius 3 is 2.82 bits per heavy atom. The summed E-state index contributed by atoms with van der Waals surface area (Å²) >= 11 is 0. The zero-order valence-corrected chi connectivity index (χ0v) is 9.93. The number of rotatable bonds is 4. The molecule has 2 fully saturated rings. The molecule has 1 saturated carbocycles. The highest BCUT2D eigenvalue weighted by molar-refractivity contribution is 5.22. The van der Waals surface area contributed by atoms with Crippen molar-refractivity contribution in [3.8, 4) is 0 Å². The molecule has 0 aromatic carbocycles. The van der Waals surface area contributed by atoms with E-state index in [9.17, 15) is 0 Å². The lowest BCUT2D eigenvalue weighted by molar-refractivity contribution is 0.0895. The number of nitrogens with two attached hydrogens (primary N) is 1. The Bertz CT molecular complexity index is 389. The van der Waals surface area contributed by atoms with Crippen molar-refractivity contribution < 1.29 is 9.15 Å². The molecule has 94 valence electrons. The van der Waals surface area contributed by atoms with E-state index in [2.05, 4.69) is 15.5 Å². The Morgan fingerprint density at radius 2 is 2.18 bits per heavy atom. The Labute approximate surface area is 99.9 Å². The topological polar surface area (TPSA) is 86.2 Å². The predicted octanol–water partition coefficient (Wildman–Crippen LogP) is 1.07. The molecule has 0 bridgehead atoms. The number of anilines is 1. The van der Waals surface area contributed by atoms with E-state index in [1.165, 1.54) is 12.8 Å². The molecule has 17 heavy (non-hydrogen) atoms. The van der Waals surface area contributed by atoms with Gasteiger partial charge in [-0.2, -0.15) is 0 Å². The maximum Gasteiger partial charge on any atom is 0.315 e. The summed E-state index contributed by atoms with van der Waals surface area (Å²) in [5, 5.41) is 11.1. The van der Waals surface area contributed by atoms with E-state index < -0.39 is 0 Å². The average molecular weight is 238 g/mol. The number of aromatic nitrogens is 2. The highest BCUT2D eigenvalue weighted by Gasteiger charge is 2.41. The lowest BCUT2D eigenvalue weighted by Crippen LogP contribution is -2.31. The van der Waals surface area contributed by atoms with Gasteiger partial charge in [-0.3, -0.25) is 0 Å². The van der Waals surface area contributed by atoms with Gasteiger partial charge in [0.1, 0.15) is 0 Å². The molecule has 2 heterocycles. The van der Waals surface area contributed by atoms with Gasteiger partial charge in [0.2, 0.25) is 5.89 Å². The summed E-state index contributed by atoms with van der Waals surface area (Å²) in [5.41, 5.74) is 5.67. The Morgan fingerprint density at radius 1 is 1.35 bits per heavy atom. The monoisotopic (exact) mass is 238 g/mol. The molecule has 1 saturated heterocycles.